The van der Waals surface area contributed by atoms with Gasteiger partial charge >= 0.3 is 0 Å². The average molecular weight is 205 g/mol. The summed E-state index contributed by atoms with van der Waals surface area (Å²) in [5.74, 6) is 0.500. The molecule has 0 aliphatic carbocycles. The van der Waals surface area contributed by atoms with E-state index >= 15 is 0 Å². The van der Waals surface area contributed by atoms with Crippen LogP contribution < -0.4 is 0 Å². The van der Waals surface area contributed by atoms with Gasteiger partial charge in [-0.1, -0.05) is 24.3 Å². The lowest BCUT2D eigenvalue weighted by Crippen LogP contribution is -1.88. The summed E-state index contributed by atoms with van der Waals surface area (Å²) in [7, 11) is 0. The van der Waals surface area contributed by atoms with Gasteiger partial charge in [0.15, 0.2) is 0 Å². The summed E-state index contributed by atoms with van der Waals surface area (Å²) >= 11 is 5.84. The summed E-state index contributed by atoms with van der Waals surface area (Å²) in [6, 6.07) is 9.85. The van der Waals surface area contributed by atoms with Crippen molar-refractivity contribution in [2.24, 2.45) is 0 Å². The zero-order valence-corrected chi connectivity index (χ0v) is 8.28. The third kappa shape index (κ3) is 1.75. The summed E-state index contributed by atoms with van der Waals surface area (Å²) in [6.07, 6.45) is 3.27. The van der Waals surface area contributed by atoms with E-state index < -0.39 is 0 Å². The Labute approximate surface area is 87.6 Å². The lowest BCUT2D eigenvalue weighted by Gasteiger charge is -2.04. The van der Waals surface area contributed by atoms with E-state index in [2.05, 4.69) is 9.97 Å². The molecular formula is C11H9ClN2. The van der Waals surface area contributed by atoms with Crippen LogP contribution in [0.3, 0.4) is 0 Å². The summed E-state index contributed by atoms with van der Waals surface area (Å²) in [5, 5.41) is 0. The van der Waals surface area contributed by atoms with Gasteiger partial charge in [0.2, 0.25) is 0 Å². The topological polar surface area (TPSA) is 25.8 Å². The first-order chi connectivity index (χ1) is 6.92. The number of alkyl halides is 1. The largest absolute Gasteiger partial charge is 0.245 e. The van der Waals surface area contributed by atoms with Crippen LogP contribution in [0.15, 0.2) is 42.9 Å². The maximum absolute atomic E-state index is 5.84. The Balaban J connectivity index is 2.51. The maximum atomic E-state index is 5.84. The Bertz CT molecular complexity index is 415. The molecule has 0 saturated heterocycles. The van der Waals surface area contributed by atoms with E-state index in [1.54, 1.807) is 12.5 Å². The number of hydrogen-bond acceptors (Lipinski definition) is 2. The molecule has 0 N–H and O–H groups in total. The van der Waals surface area contributed by atoms with E-state index in [4.69, 9.17) is 11.6 Å². The molecule has 0 fully saturated rings. The van der Waals surface area contributed by atoms with Gasteiger partial charge in [0, 0.05) is 17.6 Å². The van der Waals surface area contributed by atoms with Crippen LogP contribution in [0.4, 0.5) is 0 Å². The SMILES string of the molecule is ClCc1ccccc1-c1ccncn1. The minimum Gasteiger partial charge on any atom is -0.245 e. The van der Waals surface area contributed by atoms with Crippen LogP contribution in [0.2, 0.25) is 0 Å². The summed E-state index contributed by atoms with van der Waals surface area (Å²) in [4.78, 5) is 8.07. The highest BCUT2D eigenvalue weighted by Crippen LogP contribution is 2.21. The third-order valence-corrected chi connectivity index (χ3v) is 2.31. The molecule has 0 amide bonds. The van der Waals surface area contributed by atoms with Gasteiger partial charge in [-0.3, -0.25) is 0 Å². The van der Waals surface area contributed by atoms with Gasteiger partial charge in [-0.15, -0.1) is 11.6 Å². The number of halogens is 1. The predicted octanol–water partition coefficient (Wildman–Crippen LogP) is 2.88. The summed E-state index contributed by atoms with van der Waals surface area (Å²) in [5.41, 5.74) is 3.08. The van der Waals surface area contributed by atoms with Gasteiger partial charge in [-0.25, -0.2) is 9.97 Å². The van der Waals surface area contributed by atoms with Crippen LogP contribution in [0.1, 0.15) is 5.56 Å². The molecule has 3 heteroatoms. The Morgan fingerprint density at radius 3 is 2.71 bits per heavy atom. The maximum Gasteiger partial charge on any atom is 0.116 e. The zero-order valence-electron chi connectivity index (χ0n) is 7.52. The van der Waals surface area contributed by atoms with Gasteiger partial charge in [0.1, 0.15) is 6.33 Å². The molecule has 70 valence electrons. The minimum atomic E-state index is 0.500. The first-order valence-corrected chi connectivity index (χ1v) is 4.85. The van der Waals surface area contributed by atoms with Crippen molar-refractivity contribution in [1.29, 1.82) is 0 Å². The lowest BCUT2D eigenvalue weighted by molar-refractivity contribution is 1.17. The Morgan fingerprint density at radius 2 is 2.00 bits per heavy atom. The van der Waals surface area contributed by atoms with E-state index in [9.17, 15) is 0 Å². The number of nitrogens with zero attached hydrogens (tertiary/aromatic N) is 2. The quantitative estimate of drug-likeness (QED) is 0.703. The first kappa shape index (κ1) is 9.16. The highest BCUT2D eigenvalue weighted by molar-refractivity contribution is 6.17. The van der Waals surface area contributed by atoms with E-state index in [0.29, 0.717) is 5.88 Å². The second-order valence-electron chi connectivity index (χ2n) is 2.89. The first-order valence-electron chi connectivity index (χ1n) is 4.32. The molecule has 2 aromatic rings. The molecule has 1 aromatic heterocycles. The van der Waals surface area contributed by atoms with Crippen molar-refractivity contribution in [3.8, 4) is 11.3 Å². The second-order valence-corrected chi connectivity index (χ2v) is 3.15. The highest BCUT2D eigenvalue weighted by Gasteiger charge is 2.03. The molecule has 2 nitrogen and oxygen atoms in total. The molecular weight excluding hydrogens is 196 g/mol. The zero-order chi connectivity index (χ0) is 9.80. The lowest BCUT2D eigenvalue weighted by atomic mass is 10.1. The van der Waals surface area contributed by atoms with Gasteiger partial charge in [-0.05, 0) is 11.6 Å². The number of hydrogen-bond donors (Lipinski definition) is 0. The number of rotatable bonds is 2. The normalized spacial score (nSPS) is 10.1. The number of aromatic nitrogens is 2. The number of benzene rings is 1. The van der Waals surface area contributed by atoms with Crippen LogP contribution in [0.25, 0.3) is 11.3 Å². The van der Waals surface area contributed by atoms with Crippen molar-refractivity contribution < 1.29 is 0 Å². The molecule has 0 saturated carbocycles. The molecule has 14 heavy (non-hydrogen) atoms. The van der Waals surface area contributed by atoms with E-state index in [-0.39, 0.29) is 0 Å². The van der Waals surface area contributed by atoms with Crippen LogP contribution in [0, 0.1) is 0 Å². The molecule has 1 heterocycles. The fourth-order valence-corrected chi connectivity index (χ4v) is 1.57. The predicted molar refractivity (Wildman–Crippen MR) is 57.0 cm³/mol. The van der Waals surface area contributed by atoms with Crippen molar-refractivity contribution in [2.45, 2.75) is 5.88 Å². The molecule has 0 atom stereocenters. The van der Waals surface area contributed by atoms with Gasteiger partial charge in [-0.2, -0.15) is 0 Å². The van der Waals surface area contributed by atoms with Crippen molar-refractivity contribution in [1.82, 2.24) is 9.97 Å². The van der Waals surface area contributed by atoms with Gasteiger partial charge in [0.05, 0.1) is 5.69 Å². The monoisotopic (exact) mass is 204 g/mol. The molecule has 0 aliphatic rings. The Hall–Kier alpha value is -1.41. The second kappa shape index (κ2) is 4.20. The van der Waals surface area contributed by atoms with Gasteiger partial charge < -0.3 is 0 Å². The van der Waals surface area contributed by atoms with Crippen molar-refractivity contribution in [2.75, 3.05) is 0 Å². The molecule has 0 spiro atoms. The molecule has 2 rings (SSSR count). The highest BCUT2D eigenvalue weighted by atomic mass is 35.5. The van der Waals surface area contributed by atoms with Crippen molar-refractivity contribution in [3.63, 3.8) is 0 Å². The summed E-state index contributed by atoms with van der Waals surface area (Å²) in [6.45, 7) is 0. The molecule has 0 radical (unpaired) electrons. The van der Waals surface area contributed by atoms with E-state index in [0.717, 1.165) is 16.8 Å². The standard InChI is InChI=1S/C11H9ClN2/c12-7-9-3-1-2-4-10(9)11-5-6-13-8-14-11/h1-6,8H,7H2. The molecule has 0 unspecified atom stereocenters. The van der Waals surface area contributed by atoms with Crippen LogP contribution in [-0.2, 0) is 5.88 Å². The molecule has 0 bridgehead atoms. The average Bonchev–Trinajstić information content (AvgIpc) is 2.30. The third-order valence-electron chi connectivity index (χ3n) is 2.02. The van der Waals surface area contributed by atoms with Crippen LogP contribution in [0.5, 0.6) is 0 Å². The smallest absolute Gasteiger partial charge is 0.116 e. The van der Waals surface area contributed by atoms with Crippen LogP contribution >= 0.6 is 11.6 Å². The van der Waals surface area contributed by atoms with E-state index in [1.165, 1.54) is 0 Å². The fraction of sp³-hybridized carbons (Fsp3) is 0.0909. The van der Waals surface area contributed by atoms with Crippen molar-refractivity contribution in [3.05, 3.63) is 48.4 Å². The van der Waals surface area contributed by atoms with Crippen LogP contribution in [-0.4, -0.2) is 9.97 Å². The minimum absolute atomic E-state index is 0.500. The Morgan fingerprint density at radius 1 is 1.14 bits per heavy atom. The molecule has 1 aromatic carbocycles. The molecule has 0 aliphatic heterocycles. The van der Waals surface area contributed by atoms with Crippen molar-refractivity contribution >= 4 is 11.6 Å². The van der Waals surface area contributed by atoms with E-state index in [1.807, 2.05) is 30.3 Å². The van der Waals surface area contributed by atoms with Gasteiger partial charge in [0.25, 0.3) is 0 Å². The Kier molecular flexibility index (Phi) is 2.75. The fourth-order valence-electron chi connectivity index (χ4n) is 1.34. The summed E-state index contributed by atoms with van der Waals surface area (Å²) < 4.78 is 0.